The lowest BCUT2D eigenvalue weighted by molar-refractivity contribution is -0.157. The van der Waals surface area contributed by atoms with E-state index in [-0.39, 0.29) is 36.9 Å². The predicted octanol–water partition coefficient (Wildman–Crippen LogP) is 4.54. The fraction of sp³-hybridized carbons (Fsp3) is 0.526. The molecule has 3 amide bonds. The van der Waals surface area contributed by atoms with Crippen molar-refractivity contribution in [1.82, 2.24) is 16.0 Å². The van der Waals surface area contributed by atoms with Crippen LogP contribution in [0.1, 0.15) is 77.2 Å². The molecule has 1 saturated heterocycles. The van der Waals surface area contributed by atoms with Gasteiger partial charge in [0.25, 0.3) is 0 Å². The lowest BCUT2D eigenvalue weighted by Crippen LogP contribution is -2.58. The SMILES string of the molecule is COc1ccc(C[C@H]2NC(=O)C=CC[C@@H]([C@H](C)C3OC3c3ccc(CN)cc3)OC(=O)[C@H](CC(C)C)NC(=O)C(C)(C)C(C)NC2=O)cc1Cl. The highest BCUT2D eigenvalue weighted by molar-refractivity contribution is 6.32. The van der Waals surface area contributed by atoms with E-state index >= 15 is 0 Å². The van der Waals surface area contributed by atoms with Gasteiger partial charge in [-0.2, -0.15) is 0 Å². The summed E-state index contributed by atoms with van der Waals surface area (Å²) >= 11 is 6.35. The van der Waals surface area contributed by atoms with Crippen molar-refractivity contribution in [3.8, 4) is 5.75 Å². The fourth-order valence-electron chi connectivity index (χ4n) is 5.98. The minimum Gasteiger partial charge on any atom is -0.495 e. The monoisotopic (exact) mass is 710 g/mol. The van der Waals surface area contributed by atoms with Crippen molar-refractivity contribution in [2.24, 2.45) is 23.0 Å². The van der Waals surface area contributed by atoms with Gasteiger partial charge in [0.15, 0.2) is 0 Å². The van der Waals surface area contributed by atoms with Crippen molar-refractivity contribution in [3.05, 3.63) is 76.3 Å². The van der Waals surface area contributed by atoms with Crippen LogP contribution in [-0.2, 0) is 41.6 Å². The van der Waals surface area contributed by atoms with Crippen LogP contribution >= 0.6 is 11.6 Å². The van der Waals surface area contributed by atoms with Gasteiger partial charge in [0.2, 0.25) is 17.7 Å². The summed E-state index contributed by atoms with van der Waals surface area (Å²) < 4.78 is 17.5. The van der Waals surface area contributed by atoms with Gasteiger partial charge in [-0.05, 0) is 68.0 Å². The van der Waals surface area contributed by atoms with Crippen LogP contribution in [0.5, 0.6) is 5.75 Å². The molecule has 2 aliphatic rings. The second-order valence-corrected chi connectivity index (χ2v) is 14.7. The summed E-state index contributed by atoms with van der Waals surface area (Å²) in [7, 11) is 1.51. The van der Waals surface area contributed by atoms with Gasteiger partial charge in [0.1, 0.15) is 30.0 Å². The van der Waals surface area contributed by atoms with E-state index in [1.807, 2.05) is 45.0 Å². The highest BCUT2D eigenvalue weighted by Crippen LogP contribution is 2.45. The highest BCUT2D eigenvalue weighted by Gasteiger charge is 2.48. The number of nitrogens with one attached hydrogen (secondary N) is 3. The molecule has 0 saturated carbocycles. The molecule has 0 aromatic heterocycles. The molecule has 272 valence electrons. The van der Waals surface area contributed by atoms with Crippen LogP contribution in [0.4, 0.5) is 0 Å². The van der Waals surface area contributed by atoms with Crippen molar-refractivity contribution < 1.29 is 33.4 Å². The summed E-state index contributed by atoms with van der Waals surface area (Å²) in [5.41, 5.74) is 7.33. The summed E-state index contributed by atoms with van der Waals surface area (Å²) in [6, 6.07) is 10.5. The average molecular weight is 711 g/mol. The quantitative estimate of drug-likeness (QED) is 0.218. The number of nitrogens with two attached hydrogens (primary N) is 1. The van der Waals surface area contributed by atoms with Crippen LogP contribution in [0, 0.1) is 17.3 Å². The maximum Gasteiger partial charge on any atom is 0.328 e. The zero-order chi connectivity index (χ0) is 36.7. The smallest absolute Gasteiger partial charge is 0.328 e. The zero-order valence-electron chi connectivity index (χ0n) is 30.0. The van der Waals surface area contributed by atoms with Gasteiger partial charge in [-0.15, -0.1) is 0 Å². The number of methoxy groups -OCH3 is 1. The number of epoxide rings is 1. The molecule has 12 heteroatoms. The van der Waals surface area contributed by atoms with Crippen molar-refractivity contribution in [3.63, 3.8) is 0 Å². The number of esters is 1. The Bertz CT molecular complexity index is 1560. The maximum atomic E-state index is 13.8. The molecule has 7 atom stereocenters. The van der Waals surface area contributed by atoms with E-state index in [4.69, 9.17) is 31.5 Å². The average Bonchev–Trinajstić information content (AvgIpc) is 3.87. The summed E-state index contributed by atoms with van der Waals surface area (Å²) in [5.74, 6) is -1.66. The minimum absolute atomic E-state index is 0.0676. The van der Waals surface area contributed by atoms with Crippen molar-refractivity contribution in [1.29, 1.82) is 0 Å². The molecule has 1 fully saturated rings. The summed E-state index contributed by atoms with van der Waals surface area (Å²) in [6.45, 7) is 11.4. The van der Waals surface area contributed by atoms with Gasteiger partial charge in [-0.25, -0.2) is 4.79 Å². The Labute approximate surface area is 300 Å². The third kappa shape index (κ3) is 9.86. The Morgan fingerprint density at radius 2 is 1.66 bits per heavy atom. The first-order valence-corrected chi connectivity index (χ1v) is 17.6. The Morgan fingerprint density at radius 1 is 0.980 bits per heavy atom. The van der Waals surface area contributed by atoms with E-state index < -0.39 is 53.3 Å². The molecule has 50 heavy (non-hydrogen) atoms. The normalized spacial score (nSPS) is 26.8. The van der Waals surface area contributed by atoms with Gasteiger partial charge < -0.3 is 35.9 Å². The van der Waals surface area contributed by atoms with Crippen LogP contribution in [0.2, 0.25) is 5.02 Å². The fourth-order valence-corrected chi connectivity index (χ4v) is 6.26. The van der Waals surface area contributed by atoms with E-state index in [1.54, 1.807) is 45.0 Å². The molecular weight excluding hydrogens is 660 g/mol. The van der Waals surface area contributed by atoms with E-state index in [0.29, 0.717) is 29.3 Å². The summed E-state index contributed by atoms with van der Waals surface area (Å²) in [6.07, 6.45) is 2.58. The molecule has 11 nitrogen and oxygen atoms in total. The Kier molecular flexibility index (Phi) is 13.1. The topological polar surface area (TPSA) is 161 Å². The standard InChI is InChI=1S/C38H51ClN4O7/c1-21(2)17-29-36(46)49-30(22(3)33-34(50-33)26-14-11-24(20-40)12-15-26)9-8-10-32(44)42-28(19-25-13-16-31(48-7)27(39)18-25)35(45)41-23(4)38(5,6)37(47)43-29/h8,10-16,18,21-23,28-30,33-34H,9,17,19-20,40H2,1-7H3,(H,41,45)(H,42,44)(H,43,47)/t22-,23?,28+,29-,30-,33?,34?/m0/s1. The first-order valence-electron chi connectivity index (χ1n) is 17.2. The van der Waals surface area contributed by atoms with Crippen LogP contribution in [0.15, 0.2) is 54.6 Å². The molecule has 0 spiro atoms. The minimum atomic E-state index is -1.14. The van der Waals surface area contributed by atoms with Gasteiger partial charge in [0, 0.05) is 31.3 Å². The molecule has 0 aliphatic carbocycles. The number of hydrogen-bond acceptors (Lipinski definition) is 8. The molecule has 2 aromatic rings. The molecule has 2 aromatic carbocycles. The lowest BCUT2D eigenvalue weighted by Gasteiger charge is -2.34. The highest BCUT2D eigenvalue weighted by atomic mass is 35.5. The van der Waals surface area contributed by atoms with E-state index in [0.717, 1.165) is 11.1 Å². The summed E-state index contributed by atoms with van der Waals surface area (Å²) in [4.78, 5) is 54.5. The second-order valence-electron chi connectivity index (χ2n) is 14.3. The number of cyclic esters (lactones) is 1. The lowest BCUT2D eigenvalue weighted by atomic mass is 9.83. The number of carbonyl (C=O) groups excluding carboxylic acids is 4. The van der Waals surface area contributed by atoms with E-state index in [9.17, 15) is 19.2 Å². The number of hydrogen-bond donors (Lipinski definition) is 4. The number of benzene rings is 2. The van der Waals surface area contributed by atoms with Crippen molar-refractivity contribution in [2.75, 3.05) is 7.11 Å². The third-order valence-electron chi connectivity index (χ3n) is 9.69. The van der Waals surface area contributed by atoms with Crippen molar-refractivity contribution >= 4 is 35.3 Å². The molecular formula is C38H51ClN4O7. The molecule has 0 bridgehead atoms. The second kappa shape index (κ2) is 16.9. The van der Waals surface area contributed by atoms with Gasteiger partial charge in [-0.3, -0.25) is 14.4 Å². The van der Waals surface area contributed by atoms with Crippen LogP contribution < -0.4 is 26.4 Å². The number of amides is 3. The number of carbonyl (C=O) groups is 4. The van der Waals surface area contributed by atoms with E-state index in [1.165, 1.54) is 13.2 Å². The van der Waals surface area contributed by atoms with Crippen molar-refractivity contribution in [2.45, 2.75) is 104 Å². The first kappa shape index (κ1) is 38.9. The van der Waals surface area contributed by atoms with Gasteiger partial charge in [-0.1, -0.05) is 68.8 Å². The van der Waals surface area contributed by atoms with E-state index in [2.05, 4.69) is 16.0 Å². The summed E-state index contributed by atoms with van der Waals surface area (Å²) in [5, 5.41) is 9.01. The molecule has 0 radical (unpaired) electrons. The van der Waals surface area contributed by atoms with Crippen LogP contribution in [0.25, 0.3) is 0 Å². The molecule has 2 aliphatic heterocycles. The predicted molar refractivity (Wildman–Crippen MR) is 191 cm³/mol. The van der Waals surface area contributed by atoms with Gasteiger partial charge in [0.05, 0.1) is 23.7 Å². The Morgan fingerprint density at radius 3 is 2.28 bits per heavy atom. The molecule has 2 heterocycles. The number of halogens is 1. The zero-order valence-corrected chi connectivity index (χ0v) is 30.7. The number of ether oxygens (including phenoxy) is 3. The number of rotatable bonds is 9. The van der Waals surface area contributed by atoms with Gasteiger partial charge >= 0.3 is 5.97 Å². The third-order valence-corrected chi connectivity index (χ3v) is 9.99. The maximum absolute atomic E-state index is 13.8. The Balaban J connectivity index is 1.63. The Hall–Kier alpha value is -3.93. The molecule has 3 unspecified atom stereocenters. The van der Waals surface area contributed by atoms with Crippen LogP contribution in [0.3, 0.4) is 0 Å². The molecule has 5 N–H and O–H groups in total. The van der Waals surface area contributed by atoms with Crippen LogP contribution in [-0.4, -0.2) is 61.1 Å². The first-order chi connectivity index (χ1) is 23.6. The molecule has 4 rings (SSSR count). The largest absolute Gasteiger partial charge is 0.495 e.